The molecule has 0 aromatic carbocycles. The van der Waals surface area contributed by atoms with Gasteiger partial charge in [0.1, 0.15) is 0 Å². The van der Waals surface area contributed by atoms with Gasteiger partial charge in [-0.1, -0.05) is 0 Å². The summed E-state index contributed by atoms with van der Waals surface area (Å²) in [6.45, 7) is 3.16. The van der Waals surface area contributed by atoms with Crippen LogP contribution in [0, 0.1) is 11.8 Å². The van der Waals surface area contributed by atoms with E-state index in [1.807, 2.05) is 0 Å². The third-order valence-corrected chi connectivity index (χ3v) is 3.25. The standard InChI is InChI=1S/C10H15O3/c1-7(12-6-11)13-10-5-8-2-3-9(10)4-8/h7-10H,2-5H2,1H3. The molecule has 2 aliphatic carbocycles. The highest BCUT2D eigenvalue weighted by Crippen LogP contribution is 2.46. The molecule has 0 aliphatic heterocycles. The second kappa shape index (κ2) is 3.66. The molecule has 0 aromatic heterocycles. The lowest BCUT2D eigenvalue weighted by Gasteiger charge is -2.24. The molecule has 0 heterocycles. The zero-order valence-electron chi connectivity index (χ0n) is 7.86. The predicted molar refractivity (Wildman–Crippen MR) is 46.6 cm³/mol. The Bertz CT molecular complexity index is 193. The third kappa shape index (κ3) is 1.85. The maximum Gasteiger partial charge on any atom is 0.419 e. The zero-order chi connectivity index (χ0) is 9.26. The number of hydrogen-bond donors (Lipinski definition) is 0. The van der Waals surface area contributed by atoms with Gasteiger partial charge in [-0.25, -0.2) is 4.79 Å². The lowest BCUT2D eigenvalue weighted by Crippen LogP contribution is -2.26. The molecule has 13 heavy (non-hydrogen) atoms. The minimum atomic E-state index is -0.429. The first-order chi connectivity index (χ1) is 6.29. The monoisotopic (exact) mass is 183 g/mol. The van der Waals surface area contributed by atoms with Crippen LogP contribution in [0.3, 0.4) is 0 Å². The molecule has 2 rings (SSSR count). The molecule has 3 nitrogen and oxygen atoms in total. The van der Waals surface area contributed by atoms with Crippen LogP contribution in [-0.4, -0.2) is 18.9 Å². The number of fused-ring (bicyclic) bond motifs is 2. The van der Waals surface area contributed by atoms with E-state index in [9.17, 15) is 4.79 Å². The molecule has 3 heteroatoms. The van der Waals surface area contributed by atoms with E-state index in [0.29, 0.717) is 12.0 Å². The molecule has 73 valence electrons. The van der Waals surface area contributed by atoms with Crippen LogP contribution in [-0.2, 0) is 14.3 Å². The molecule has 0 saturated heterocycles. The van der Waals surface area contributed by atoms with Crippen molar-refractivity contribution in [3.8, 4) is 0 Å². The fourth-order valence-corrected chi connectivity index (χ4v) is 2.69. The van der Waals surface area contributed by atoms with Crippen molar-refractivity contribution in [3.63, 3.8) is 0 Å². The van der Waals surface area contributed by atoms with Crippen LogP contribution in [0.4, 0.5) is 0 Å². The Hall–Kier alpha value is -0.570. The predicted octanol–water partition coefficient (Wildman–Crippen LogP) is 1.62. The summed E-state index contributed by atoms with van der Waals surface area (Å²) in [6.07, 6.45) is 5.00. The van der Waals surface area contributed by atoms with Gasteiger partial charge in [-0.15, -0.1) is 0 Å². The van der Waals surface area contributed by atoms with Gasteiger partial charge >= 0.3 is 6.47 Å². The first-order valence-electron chi connectivity index (χ1n) is 4.98. The number of rotatable bonds is 4. The van der Waals surface area contributed by atoms with Gasteiger partial charge in [-0.2, -0.15) is 0 Å². The molecule has 2 aliphatic rings. The van der Waals surface area contributed by atoms with E-state index in [1.165, 1.54) is 25.7 Å². The van der Waals surface area contributed by atoms with Crippen LogP contribution in [0.2, 0.25) is 0 Å². The van der Waals surface area contributed by atoms with E-state index in [0.717, 1.165) is 12.3 Å². The Kier molecular flexibility index (Phi) is 2.54. The van der Waals surface area contributed by atoms with E-state index in [1.54, 1.807) is 6.92 Å². The molecule has 2 fully saturated rings. The van der Waals surface area contributed by atoms with Gasteiger partial charge in [0.25, 0.3) is 0 Å². The van der Waals surface area contributed by atoms with Gasteiger partial charge in [0, 0.05) is 0 Å². The van der Waals surface area contributed by atoms with Crippen LogP contribution in [0.5, 0.6) is 0 Å². The fourth-order valence-electron chi connectivity index (χ4n) is 2.69. The summed E-state index contributed by atoms with van der Waals surface area (Å²) >= 11 is 0. The van der Waals surface area contributed by atoms with Crippen molar-refractivity contribution in [3.05, 3.63) is 0 Å². The van der Waals surface area contributed by atoms with Gasteiger partial charge in [-0.05, 0) is 44.4 Å². The van der Waals surface area contributed by atoms with Crippen molar-refractivity contribution in [2.45, 2.75) is 45.0 Å². The Balaban J connectivity index is 1.79. The van der Waals surface area contributed by atoms with Crippen LogP contribution in [0.1, 0.15) is 32.6 Å². The van der Waals surface area contributed by atoms with E-state index in [-0.39, 0.29) is 0 Å². The molecule has 4 unspecified atom stereocenters. The van der Waals surface area contributed by atoms with Gasteiger partial charge in [0.05, 0.1) is 6.10 Å². The number of carbonyl (C=O) groups excluding carboxylic acids is 1. The summed E-state index contributed by atoms with van der Waals surface area (Å²) in [5.74, 6) is 1.57. The normalized spacial score (nSPS) is 39.0. The molecule has 0 spiro atoms. The highest BCUT2D eigenvalue weighted by atomic mass is 16.7. The van der Waals surface area contributed by atoms with Crippen molar-refractivity contribution >= 4 is 6.47 Å². The average Bonchev–Trinajstić information content (AvgIpc) is 2.65. The molecular weight excluding hydrogens is 168 g/mol. The molecule has 0 aromatic rings. The van der Waals surface area contributed by atoms with Gasteiger partial charge < -0.3 is 9.47 Å². The van der Waals surface area contributed by atoms with Gasteiger partial charge in [0.15, 0.2) is 0 Å². The lowest BCUT2D eigenvalue weighted by molar-refractivity contribution is -0.129. The average molecular weight is 183 g/mol. The summed E-state index contributed by atoms with van der Waals surface area (Å²) in [7, 11) is 0. The first-order valence-corrected chi connectivity index (χ1v) is 4.98. The second-order valence-electron chi connectivity index (χ2n) is 4.12. The van der Waals surface area contributed by atoms with E-state index in [4.69, 9.17) is 4.74 Å². The van der Waals surface area contributed by atoms with Crippen molar-refractivity contribution in [1.82, 2.24) is 0 Å². The SMILES string of the molecule is CC(O[C]=O)OC1CC2CCC1C2. The van der Waals surface area contributed by atoms with Crippen molar-refractivity contribution in [2.24, 2.45) is 11.8 Å². The molecule has 4 atom stereocenters. The maximum atomic E-state index is 9.92. The summed E-state index contributed by atoms with van der Waals surface area (Å²) in [5, 5.41) is 0. The summed E-state index contributed by atoms with van der Waals surface area (Å²) in [6, 6.07) is 0. The fraction of sp³-hybridized carbons (Fsp3) is 0.900. The smallest absolute Gasteiger partial charge is 0.419 e. The van der Waals surface area contributed by atoms with Crippen molar-refractivity contribution in [1.29, 1.82) is 0 Å². The Morgan fingerprint density at radius 1 is 1.38 bits per heavy atom. The van der Waals surface area contributed by atoms with Crippen LogP contribution in [0.25, 0.3) is 0 Å². The summed E-state index contributed by atoms with van der Waals surface area (Å²) < 4.78 is 10.2. The zero-order valence-corrected chi connectivity index (χ0v) is 7.86. The Labute approximate surface area is 78.4 Å². The second-order valence-corrected chi connectivity index (χ2v) is 4.12. The molecule has 2 bridgehead atoms. The summed E-state index contributed by atoms with van der Waals surface area (Å²) in [5.41, 5.74) is 0. The Morgan fingerprint density at radius 2 is 2.23 bits per heavy atom. The highest BCUT2D eigenvalue weighted by molar-refractivity contribution is 5.38. The Morgan fingerprint density at radius 3 is 2.77 bits per heavy atom. The maximum absolute atomic E-state index is 9.92. The van der Waals surface area contributed by atoms with Crippen LogP contribution < -0.4 is 0 Å². The lowest BCUT2D eigenvalue weighted by atomic mass is 9.98. The minimum absolute atomic E-state index is 0.321. The number of hydrogen-bond acceptors (Lipinski definition) is 3. The van der Waals surface area contributed by atoms with E-state index >= 15 is 0 Å². The van der Waals surface area contributed by atoms with Gasteiger partial charge in [0.2, 0.25) is 6.29 Å². The molecule has 1 radical (unpaired) electrons. The molecule has 0 amide bonds. The number of ether oxygens (including phenoxy) is 2. The molecule has 2 saturated carbocycles. The largest absolute Gasteiger partial charge is 0.428 e. The van der Waals surface area contributed by atoms with E-state index in [2.05, 4.69) is 4.74 Å². The van der Waals surface area contributed by atoms with Crippen LogP contribution in [0.15, 0.2) is 0 Å². The summed E-state index contributed by atoms with van der Waals surface area (Å²) in [4.78, 5) is 9.92. The minimum Gasteiger partial charge on any atom is -0.428 e. The third-order valence-electron chi connectivity index (χ3n) is 3.25. The van der Waals surface area contributed by atoms with Crippen molar-refractivity contribution in [2.75, 3.05) is 0 Å². The van der Waals surface area contributed by atoms with E-state index < -0.39 is 6.29 Å². The molecular formula is C10H15O3. The van der Waals surface area contributed by atoms with Gasteiger partial charge in [-0.3, -0.25) is 0 Å². The highest BCUT2D eigenvalue weighted by Gasteiger charge is 2.40. The molecule has 0 N–H and O–H groups in total. The first kappa shape index (κ1) is 9.00. The topological polar surface area (TPSA) is 35.5 Å². The van der Waals surface area contributed by atoms with Crippen LogP contribution >= 0.6 is 0 Å². The quantitative estimate of drug-likeness (QED) is 0.621. The van der Waals surface area contributed by atoms with Crippen molar-refractivity contribution < 1.29 is 14.3 Å².